The Morgan fingerprint density at radius 2 is 1.48 bits per heavy atom. The van der Waals surface area contributed by atoms with E-state index < -0.39 is 0 Å². The van der Waals surface area contributed by atoms with Crippen LogP contribution < -0.4 is 10.2 Å². The molecule has 40 heavy (non-hydrogen) atoms. The summed E-state index contributed by atoms with van der Waals surface area (Å²) in [4.78, 5) is 12.7. The largest absolute Gasteiger partial charge is 0.337 e. The van der Waals surface area contributed by atoms with E-state index in [2.05, 4.69) is 79.5 Å². The van der Waals surface area contributed by atoms with Crippen molar-refractivity contribution in [2.45, 2.75) is 26.8 Å². The molecule has 0 radical (unpaired) electrons. The molecule has 7 heteroatoms. The zero-order chi connectivity index (χ0) is 27.4. The topological polar surface area (TPSA) is 57.8 Å². The number of nitrogens with one attached hydrogen (secondary N) is 1. The molecule has 0 fully saturated rings. The van der Waals surface area contributed by atoms with Crippen LogP contribution in [-0.4, -0.2) is 21.5 Å². The number of anilines is 2. The summed E-state index contributed by atoms with van der Waals surface area (Å²) in [5.74, 6) is 2.22. The number of hydrogen-bond donors (Lipinski definition) is 1. The van der Waals surface area contributed by atoms with Gasteiger partial charge in [-0.25, -0.2) is 14.7 Å². The Labute approximate surface area is 238 Å². The number of aryl methyl sites for hydroxylation is 3. The van der Waals surface area contributed by atoms with Gasteiger partial charge < -0.3 is 10.2 Å². The molecule has 2 aliphatic heterocycles. The van der Waals surface area contributed by atoms with E-state index in [1.807, 2.05) is 53.2 Å². The van der Waals surface area contributed by atoms with E-state index in [-0.39, 0.29) is 6.04 Å². The third kappa shape index (κ3) is 4.08. The van der Waals surface area contributed by atoms with Gasteiger partial charge in [0, 0.05) is 16.3 Å². The maximum absolute atomic E-state index is 6.34. The van der Waals surface area contributed by atoms with E-state index in [9.17, 15) is 0 Å². The van der Waals surface area contributed by atoms with Gasteiger partial charge in [0.25, 0.3) is 0 Å². The van der Waals surface area contributed by atoms with E-state index in [1.165, 1.54) is 11.1 Å². The van der Waals surface area contributed by atoms with Gasteiger partial charge in [0.15, 0.2) is 17.5 Å². The molecule has 1 aromatic heterocycles. The Morgan fingerprint density at radius 1 is 0.775 bits per heavy atom. The SMILES string of the molecule is Cc1cc(C)cc(NC2=Nc3ccccc3N3C2=Nc2c(c(C)nn2-c2ccccc2)C3c2ccc(Cl)cc2)c1. The van der Waals surface area contributed by atoms with Crippen LogP contribution in [0.5, 0.6) is 0 Å². The summed E-state index contributed by atoms with van der Waals surface area (Å²) in [7, 11) is 0. The third-order valence-electron chi connectivity index (χ3n) is 7.31. The second kappa shape index (κ2) is 9.50. The lowest BCUT2D eigenvalue weighted by atomic mass is 9.93. The number of hydrogen-bond acceptors (Lipinski definition) is 5. The summed E-state index contributed by atoms with van der Waals surface area (Å²) in [5, 5.41) is 9.30. The summed E-state index contributed by atoms with van der Waals surface area (Å²) in [6, 6.07) is 32.6. The van der Waals surface area contributed by atoms with E-state index >= 15 is 0 Å². The molecule has 7 rings (SSSR count). The maximum atomic E-state index is 6.34. The first-order chi connectivity index (χ1) is 19.5. The molecule has 1 unspecified atom stereocenters. The van der Waals surface area contributed by atoms with Crippen LogP contribution in [0.2, 0.25) is 5.02 Å². The van der Waals surface area contributed by atoms with Crippen molar-refractivity contribution in [2.75, 3.05) is 10.2 Å². The highest BCUT2D eigenvalue weighted by molar-refractivity contribution is 6.51. The first-order valence-electron chi connectivity index (χ1n) is 13.3. The van der Waals surface area contributed by atoms with Crippen LogP contribution in [0, 0.1) is 20.8 Å². The van der Waals surface area contributed by atoms with E-state index in [4.69, 9.17) is 26.7 Å². The predicted molar refractivity (Wildman–Crippen MR) is 164 cm³/mol. The van der Waals surface area contributed by atoms with Gasteiger partial charge in [-0.1, -0.05) is 60.1 Å². The summed E-state index contributed by atoms with van der Waals surface area (Å²) >= 11 is 6.34. The molecular formula is C33H27ClN6. The number of rotatable bonds is 3. The fraction of sp³-hybridized carbons (Fsp3) is 0.121. The number of aliphatic imine (C=N–C) groups is 2. The van der Waals surface area contributed by atoms with E-state index in [0.717, 1.165) is 51.2 Å². The number of benzene rings is 4. The van der Waals surface area contributed by atoms with Gasteiger partial charge in [-0.2, -0.15) is 5.10 Å². The van der Waals surface area contributed by atoms with Gasteiger partial charge in [-0.3, -0.25) is 0 Å². The Kier molecular flexibility index (Phi) is 5.79. The van der Waals surface area contributed by atoms with Crippen LogP contribution in [0.15, 0.2) is 107 Å². The highest BCUT2D eigenvalue weighted by Gasteiger charge is 2.41. The average molecular weight is 543 g/mol. The van der Waals surface area contributed by atoms with Crippen molar-refractivity contribution < 1.29 is 0 Å². The first-order valence-corrected chi connectivity index (χ1v) is 13.7. The van der Waals surface area contributed by atoms with Crippen molar-refractivity contribution in [3.63, 3.8) is 0 Å². The molecule has 0 spiro atoms. The fourth-order valence-corrected chi connectivity index (χ4v) is 5.82. The number of aromatic nitrogens is 2. The van der Waals surface area contributed by atoms with Crippen LogP contribution in [0.25, 0.3) is 5.69 Å². The van der Waals surface area contributed by atoms with Crippen molar-refractivity contribution in [3.8, 4) is 5.69 Å². The van der Waals surface area contributed by atoms with Gasteiger partial charge in [-0.05, 0) is 86.0 Å². The molecule has 5 aromatic rings. The number of para-hydroxylation sites is 3. The highest BCUT2D eigenvalue weighted by Crippen LogP contribution is 2.48. The maximum Gasteiger partial charge on any atom is 0.179 e. The Balaban J connectivity index is 1.50. The summed E-state index contributed by atoms with van der Waals surface area (Å²) < 4.78 is 1.94. The summed E-state index contributed by atoms with van der Waals surface area (Å²) in [6.07, 6.45) is 0. The van der Waals surface area contributed by atoms with Crippen molar-refractivity contribution in [1.82, 2.24) is 9.78 Å². The monoisotopic (exact) mass is 542 g/mol. The molecule has 4 aromatic carbocycles. The normalized spacial score (nSPS) is 15.5. The van der Waals surface area contributed by atoms with Gasteiger partial charge in [0.2, 0.25) is 0 Å². The average Bonchev–Trinajstić information content (AvgIpc) is 3.28. The molecule has 6 nitrogen and oxygen atoms in total. The molecule has 0 saturated heterocycles. The zero-order valence-corrected chi connectivity index (χ0v) is 23.2. The molecule has 0 amide bonds. The van der Waals surface area contributed by atoms with Gasteiger partial charge >= 0.3 is 0 Å². The minimum absolute atomic E-state index is 0.190. The molecule has 2 aliphatic rings. The van der Waals surface area contributed by atoms with E-state index in [1.54, 1.807) is 0 Å². The molecule has 0 saturated carbocycles. The molecular weight excluding hydrogens is 516 g/mol. The highest BCUT2D eigenvalue weighted by atomic mass is 35.5. The van der Waals surface area contributed by atoms with Gasteiger partial charge in [0.1, 0.15) is 0 Å². The van der Waals surface area contributed by atoms with Crippen LogP contribution >= 0.6 is 11.6 Å². The van der Waals surface area contributed by atoms with Crippen LogP contribution in [-0.2, 0) is 0 Å². The van der Waals surface area contributed by atoms with Crippen molar-refractivity contribution in [2.24, 2.45) is 9.98 Å². The second-order valence-electron chi connectivity index (χ2n) is 10.3. The number of amidine groups is 2. The molecule has 196 valence electrons. The Hall–Kier alpha value is -4.68. The van der Waals surface area contributed by atoms with Crippen molar-refractivity contribution in [1.29, 1.82) is 0 Å². The van der Waals surface area contributed by atoms with Crippen molar-refractivity contribution >= 4 is 46.2 Å². The molecule has 3 heterocycles. The molecule has 0 aliphatic carbocycles. The van der Waals surface area contributed by atoms with Crippen molar-refractivity contribution in [3.05, 3.63) is 130 Å². The fourth-order valence-electron chi connectivity index (χ4n) is 5.69. The Bertz CT molecular complexity index is 1800. The lowest BCUT2D eigenvalue weighted by molar-refractivity contribution is 0.815. The van der Waals surface area contributed by atoms with Crippen LogP contribution in [0.3, 0.4) is 0 Å². The lowest BCUT2D eigenvalue weighted by Gasteiger charge is -2.40. The van der Waals surface area contributed by atoms with E-state index in [0.29, 0.717) is 10.9 Å². The van der Waals surface area contributed by atoms with Gasteiger partial charge in [0.05, 0.1) is 28.8 Å². The standard InChI is InChI=1S/C33H27ClN6/c1-20-17-21(2)19-25(18-20)35-31-33-37-32-29(22(3)38-40(32)26-9-5-4-6-10-26)30(23-13-15-24(34)16-14-23)39(33)28-12-8-7-11-27(28)36-31/h4-19,30H,1-3H3,(H,35,36). The minimum Gasteiger partial charge on any atom is -0.337 e. The van der Waals surface area contributed by atoms with Gasteiger partial charge in [-0.15, -0.1) is 0 Å². The number of halogens is 1. The lowest BCUT2D eigenvalue weighted by Crippen LogP contribution is -2.46. The molecule has 1 N–H and O–H groups in total. The minimum atomic E-state index is -0.190. The second-order valence-corrected chi connectivity index (χ2v) is 10.7. The number of fused-ring (bicyclic) bond motifs is 4. The summed E-state index contributed by atoms with van der Waals surface area (Å²) in [6.45, 7) is 6.26. The van der Waals surface area contributed by atoms with Crippen LogP contribution in [0.1, 0.15) is 34.0 Å². The molecule has 1 atom stereocenters. The quantitative estimate of drug-likeness (QED) is 0.250. The smallest absolute Gasteiger partial charge is 0.179 e. The summed E-state index contributed by atoms with van der Waals surface area (Å²) in [5.41, 5.74) is 9.23. The number of nitrogens with zero attached hydrogens (tertiary/aromatic N) is 5. The molecule has 0 bridgehead atoms. The first kappa shape index (κ1) is 24.4. The zero-order valence-electron chi connectivity index (χ0n) is 22.4. The third-order valence-corrected chi connectivity index (χ3v) is 7.56. The Morgan fingerprint density at radius 3 is 2.23 bits per heavy atom. The predicted octanol–water partition coefficient (Wildman–Crippen LogP) is 8.25. The van der Waals surface area contributed by atoms with Crippen LogP contribution in [0.4, 0.5) is 22.9 Å².